The summed E-state index contributed by atoms with van der Waals surface area (Å²) >= 11 is 0. The molecule has 0 unspecified atom stereocenters. The summed E-state index contributed by atoms with van der Waals surface area (Å²) in [7, 11) is -2.41. The average molecular weight is 347 g/mol. The predicted molar refractivity (Wildman–Crippen MR) is 82.0 cm³/mol. The maximum Gasteiger partial charge on any atom is 0.246 e. The third-order valence-corrected chi connectivity index (χ3v) is 5.68. The molecule has 1 heterocycles. The van der Waals surface area contributed by atoms with Gasteiger partial charge < -0.3 is 14.6 Å². The van der Waals surface area contributed by atoms with Gasteiger partial charge in [0, 0.05) is 26.8 Å². The first-order valence-corrected chi connectivity index (χ1v) is 8.89. The Balaban J connectivity index is 2.17. The van der Waals surface area contributed by atoms with Crippen LogP contribution < -0.4 is 0 Å². The van der Waals surface area contributed by atoms with Crippen molar-refractivity contribution < 1.29 is 27.4 Å². The van der Waals surface area contributed by atoms with Crippen LogP contribution in [0.15, 0.2) is 29.2 Å². The van der Waals surface area contributed by atoms with Crippen LogP contribution in [0.3, 0.4) is 0 Å². The van der Waals surface area contributed by atoms with E-state index in [0.29, 0.717) is 19.6 Å². The molecule has 1 saturated heterocycles. The molecule has 0 saturated carbocycles. The fourth-order valence-corrected chi connectivity index (χ4v) is 4.26. The van der Waals surface area contributed by atoms with E-state index < -0.39 is 15.8 Å². The Morgan fingerprint density at radius 2 is 2.04 bits per heavy atom. The SMILES string of the molecule is COCCO[C@@H]1C[C@H](CO)CN(S(=O)(=O)c2ccccc2F)C1. The number of hydrogen-bond acceptors (Lipinski definition) is 5. The van der Waals surface area contributed by atoms with Crippen molar-refractivity contribution in [3.8, 4) is 0 Å². The monoisotopic (exact) mass is 347 g/mol. The van der Waals surface area contributed by atoms with E-state index >= 15 is 0 Å². The van der Waals surface area contributed by atoms with E-state index in [1.165, 1.54) is 22.5 Å². The van der Waals surface area contributed by atoms with Gasteiger partial charge in [0.1, 0.15) is 10.7 Å². The van der Waals surface area contributed by atoms with Crippen LogP contribution in [0.1, 0.15) is 6.42 Å². The first kappa shape index (κ1) is 18.3. The molecule has 1 aliphatic rings. The lowest BCUT2D eigenvalue weighted by Gasteiger charge is -2.36. The standard InChI is InChI=1S/C15H22FNO5S/c1-21-6-7-22-13-8-12(11-18)9-17(10-13)23(19,20)15-5-3-2-4-14(15)16/h2-5,12-13,18H,6-11H2,1H3/t12-,13+/m0/s1. The molecule has 0 amide bonds. The maximum atomic E-state index is 13.9. The van der Waals surface area contributed by atoms with Crippen LogP contribution in [0, 0.1) is 11.7 Å². The molecule has 0 radical (unpaired) electrons. The largest absolute Gasteiger partial charge is 0.396 e. The van der Waals surface area contributed by atoms with Crippen molar-refractivity contribution in [3.63, 3.8) is 0 Å². The number of hydrogen-bond donors (Lipinski definition) is 1. The summed E-state index contributed by atoms with van der Waals surface area (Å²) in [5.41, 5.74) is 0. The summed E-state index contributed by atoms with van der Waals surface area (Å²) in [5.74, 6) is -1.02. The van der Waals surface area contributed by atoms with Gasteiger partial charge in [0.25, 0.3) is 0 Å². The molecule has 1 aromatic carbocycles. The molecule has 1 aliphatic heterocycles. The molecule has 2 rings (SSSR count). The Kier molecular flexibility index (Phi) is 6.49. The summed E-state index contributed by atoms with van der Waals surface area (Å²) in [6.07, 6.45) is 0.210. The second-order valence-electron chi connectivity index (χ2n) is 5.52. The number of nitrogens with zero attached hydrogens (tertiary/aromatic N) is 1. The number of halogens is 1. The van der Waals surface area contributed by atoms with Gasteiger partial charge in [-0.05, 0) is 24.5 Å². The van der Waals surface area contributed by atoms with Crippen LogP contribution in [0.25, 0.3) is 0 Å². The third-order valence-electron chi connectivity index (χ3n) is 3.82. The Morgan fingerprint density at radius 1 is 1.30 bits per heavy atom. The van der Waals surface area contributed by atoms with Crippen molar-refractivity contribution in [1.82, 2.24) is 4.31 Å². The number of sulfonamides is 1. The molecule has 8 heteroatoms. The first-order chi connectivity index (χ1) is 11.0. The number of aliphatic hydroxyl groups excluding tert-OH is 1. The van der Waals surface area contributed by atoms with Crippen LogP contribution >= 0.6 is 0 Å². The predicted octanol–water partition coefficient (Wildman–Crippen LogP) is 0.860. The number of ether oxygens (including phenoxy) is 2. The quantitative estimate of drug-likeness (QED) is 0.741. The van der Waals surface area contributed by atoms with Crippen LogP contribution in [0.5, 0.6) is 0 Å². The van der Waals surface area contributed by atoms with Crippen LogP contribution in [0.4, 0.5) is 4.39 Å². The van der Waals surface area contributed by atoms with Gasteiger partial charge in [-0.1, -0.05) is 12.1 Å². The van der Waals surface area contributed by atoms with Gasteiger partial charge in [0.2, 0.25) is 10.0 Å². The minimum Gasteiger partial charge on any atom is -0.396 e. The van der Waals surface area contributed by atoms with E-state index in [9.17, 15) is 17.9 Å². The highest BCUT2D eigenvalue weighted by Gasteiger charge is 2.36. The number of piperidine rings is 1. The molecule has 1 fully saturated rings. The molecule has 6 nitrogen and oxygen atoms in total. The zero-order valence-corrected chi connectivity index (χ0v) is 13.8. The van der Waals surface area contributed by atoms with Crippen molar-refractivity contribution in [2.75, 3.05) is 40.0 Å². The average Bonchev–Trinajstić information content (AvgIpc) is 2.55. The van der Waals surface area contributed by atoms with E-state index in [1.807, 2.05) is 0 Å². The van der Waals surface area contributed by atoms with Crippen LogP contribution in [-0.4, -0.2) is 64.0 Å². The minimum absolute atomic E-state index is 0.136. The van der Waals surface area contributed by atoms with Gasteiger partial charge in [-0.2, -0.15) is 4.31 Å². The summed E-state index contributed by atoms with van der Waals surface area (Å²) < 4.78 is 50.9. The number of methoxy groups -OCH3 is 1. The van der Waals surface area contributed by atoms with Gasteiger partial charge >= 0.3 is 0 Å². The van der Waals surface area contributed by atoms with E-state index in [1.54, 1.807) is 7.11 Å². The molecule has 0 spiro atoms. The van der Waals surface area contributed by atoms with Crippen LogP contribution in [-0.2, 0) is 19.5 Å². The minimum atomic E-state index is -3.96. The van der Waals surface area contributed by atoms with Gasteiger partial charge in [-0.25, -0.2) is 12.8 Å². The maximum absolute atomic E-state index is 13.9. The number of aliphatic hydroxyl groups is 1. The highest BCUT2D eigenvalue weighted by atomic mass is 32.2. The van der Waals surface area contributed by atoms with Gasteiger partial charge in [-0.15, -0.1) is 0 Å². The van der Waals surface area contributed by atoms with Crippen molar-refractivity contribution >= 4 is 10.0 Å². The molecule has 130 valence electrons. The highest BCUT2D eigenvalue weighted by molar-refractivity contribution is 7.89. The molecule has 1 aromatic rings. The summed E-state index contributed by atoms with van der Waals surface area (Å²) in [6.45, 7) is 0.884. The lowest BCUT2D eigenvalue weighted by molar-refractivity contribution is -0.0265. The van der Waals surface area contributed by atoms with E-state index in [-0.39, 0.29) is 36.6 Å². The van der Waals surface area contributed by atoms with E-state index in [2.05, 4.69) is 0 Å². The Bertz CT molecular complexity index is 610. The molecule has 2 atom stereocenters. The van der Waals surface area contributed by atoms with Gasteiger partial charge in [-0.3, -0.25) is 0 Å². The normalized spacial score (nSPS) is 23.1. The molecule has 0 bridgehead atoms. The van der Waals surface area contributed by atoms with Crippen molar-refractivity contribution in [2.45, 2.75) is 17.4 Å². The smallest absolute Gasteiger partial charge is 0.246 e. The molecular weight excluding hydrogens is 325 g/mol. The van der Waals surface area contributed by atoms with Gasteiger partial charge in [0.05, 0.1) is 19.3 Å². The summed E-state index contributed by atoms with van der Waals surface area (Å²) in [5, 5.41) is 9.41. The zero-order chi connectivity index (χ0) is 16.9. The number of benzene rings is 1. The molecule has 23 heavy (non-hydrogen) atoms. The third kappa shape index (κ3) is 4.48. The second-order valence-corrected chi connectivity index (χ2v) is 7.43. The second kappa shape index (κ2) is 8.16. The Hall–Kier alpha value is -1.06. The number of rotatable bonds is 7. The van der Waals surface area contributed by atoms with E-state index in [0.717, 1.165) is 6.07 Å². The zero-order valence-electron chi connectivity index (χ0n) is 13.0. The van der Waals surface area contributed by atoms with Crippen molar-refractivity contribution in [3.05, 3.63) is 30.1 Å². The highest BCUT2D eigenvalue weighted by Crippen LogP contribution is 2.26. The summed E-state index contributed by atoms with van der Waals surface area (Å²) in [6, 6.07) is 5.29. The van der Waals surface area contributed by atoms with Crippen molar-refractivity contribution in [2.24, 2.45) is 5.92 Å². The lowest BCUT2D eigenvalue weighted by atomic mass is 9.98. The first-order valence-electron chi connectivity index (χ1n) is 7.45. The van der Waals surface area contributed by atoms with Crippen molar-refractivity contribution in [1.29, 1.82) is 0 Å². The molecule has 0 aliphatic carbocycles. The van der Waals surface area contributed by atoms with Crippen LogP contribution in [0.2, 0.25) is 0 Å². The molecular formula is C15H22FNO5S. The lowest BCUT2D eigenvalue weighted by Crippen LogP contribution is -2.48. The van der Waals surface area contributed by atoms with Gasteiger partial charge in [0.15, 0.2) is 0 Å². The molecule has 1 N–H and O–H groups in total. The van der Waals surface area contributed by atoms with E-state index in [4.69, 9.17) is 9.47 Å². The fourth-order valence-electron chi connectivity index (χ4n) is 2.65. The topological polar surface area (TPSA) is 76.1 Å². The Morgan fingerprint density at radius 3 is 2.70 bits per heavy atom. The summed E-state index contributed by atoms with van der Waals surface area (Å²) in [4.78, 5) is -0.353. The fraction of sp³-hybridized carbons (Fsp3) is 0.600. The Labute approximate surface area is 135 Å². The molecule has 0 aromatic heterocycles.